The number of halogens is 4. The third-order valence-corrected chi connectivity index (χ3v) is 9.07. The number of likely N-dealkylation sites (tertiary alicyclic amines) is 1. The Morgan fingerprint density at radius 2 is 1.75 bits per heavy atom. The Morgan fingerprint density at radius 1 is 1.00 bits per heavy atom. The van der Waals surface area contributed by atoms with E-state index in [4.69, 9.17) is 16.6 Å². The fourth-order valence-electron chi connectivity index (χ4n) is 6.37. The molecule has 0 bridgehead atoms. The second-order valence-electron chi connectivity index (χ2n) is 11.8. The zero-order chi connectivity index (χ0) is 30.9. The standard InChI is InChI=1S/C34H36ClF3N4O2/c35-25-9-10-29-27(20-25)30(32(44)41-33(13-14-33)23-6-2-1-3-7-23)28(21-42-16-11-26(12-17-42)39-15-18-43)31(40-29)22-5-4-8-24(19-22)34(36,37)38/h1-10,19-20,26,32,39,41,43-44H,11-18,21H2. The molecule has 1 aliphatic carbocycles. The van der Waals surface area contributed by atoms with E-state index in [1.54, 1.807) is 24.3 Å². The van der Waals surface area contributed by atoms with Crippen molar-refractivity contribution in [2.45, 2.75) is 56.2 Å². The van der Waals surface area contributed by atoms with Crippen LogP contribution in [0.2, 0.25) is 5.02 Å². The molecule has 3 aromatic carbocycles. The van der Waals surface area contributed by atoms with Crippen LogP contribution >= 0.6 is 11.6 Å². The van der Waals surface area contributed by atoms with E-state index in [2.05, 4.69) is 15.5 Å². The summed E-state index contributed by atoms with van der Waals surface area (Å²) in [6, 6.07) is 20.7. The number of pyridine rings is 1. The van der Waals surface area contributed by atoms with Crippen molar-refractivity contribution in [3.63, 3.8) is 0 Å². The third-order valence-electron chi connectivity index (χ3n) is 8.83. The van der Waals surface area contributed by atoms with E-state index in [0.717, 1.165) is 56.5 Å². The maximum Gasteiger partial charge on any atom is 0.416 e. The Bertz CT molecular complexity index is 1610. The van der Waals surface area contributed by atoms with Crippen LogP contribution in [0.15, 0.2) is 72.8 Å². The predicted molar refractivity (Wildman–Crippen MR) is 166 cm³/mol. The Morgan fingerprint density at radius 3 is 2.43 bits per heavy atom. The van der Waals surface area contributed by atoms with Gasteiger partial charge in [0.1, 0.15) is 6.23 Å². The van der Waals surface area contributed by atoms with Gasteiger partial charge in [0, 0.05) is 51.8 Å². The number of nitrogens with one attached hydrogen (secondary N) is 2. The summed E-state index contributed by atoms with van der Waals surface area (Å²) in [4.78, 5) is 7.16. The second kappa shape index (κ2) is 12.7. The Balaban J connectivity index is 1.46. The van der Waals surface area contributed by atoms with Crippen LogP contribution in [0.4, 0.5) is 13.2 Å². The van der Waals surface area contributed by atoms with E-state index in [0.29, 0.717) is 51.4 Å². The van der Waals surface area contributed by atoms with Gasteiger partial charge in [0.05, 0.1) is 23.4 Å². The summed E-state index contributed by atoms with van der Waals surface area (Å²) in [5, 5.41) is 29.2. The first kappa shape index (κ1) is 31.0. The van der Waals surface area contributed by atoms with Crippen molar-refractivity contribution in [2.75, 3.05) is 26.2 Å². The van der Waals surface area contributed by atoms with Gasteiger partial charge in [-0.05, 0) is 74.7 Å². The Hall–Kier alpha value is -3.05. The summed E-state index contributed by atoms with van der Waals surface area (Å²) in [6.07, 6.45) is -2.23. The Kier molecular flexibility index (Phi) is 8.97. The number of aliphatic hydroxyl groups is 2. The molecule has 0 amide bonds. The molecule has 2 heterocycles. The molecule has 232 valence electrons. The molecule has 1 aromatic heterocycles. The molecule has 0 radical (unpaired) electrons. The average molecular weight is 625 g/mol. The van der Waals surface area contributed by atoms with Gasteiger partial charge in [-0.1, -0.05) is 54.1 Å². The summed E-state index contributed by atoms with van der Waals surface area (Å²) < 4.78 is 41.5. The quantitative estimate of drug-likeness (QED) is 0.153. The zero-order valence-electron chi connectivity index (χ0n) is 24.2. The van der Waals surface area contributed by atoms with Crippen LogP contribution in [0.1, 0.15) is 54.2 Å². The average Bonchev–Trinajstić information content (AvgIpc) is 3.81. The molecule has 4 N–H and O–H groups in total. The number of fused-ring (bicyclic) bond motifs is 1. The van der Waals surface area contributed by atoms with Gasteiger partial charge in [-0.2, -0.15) is 13.2 Å². The lowest BCUT2D eigenvalue weighted by atomic mass is 9.93. The van der Waals surface area contributed by atoms with Crippen molar-refractivity contribution in [1.29, 1.82) is 0 Å². The van der Waals surface area contributed by atoms with Crippen molar-refractivity contribution in [3.05, 3.63) is 100 Å². The van der Waals surface area contributed by atoms with Crippen LogP contribution in [0.3, 0.4) is 0 Å². The minimum absolute atomic E-state index is 0.0740. The van der Waals surface area contributed by atoms with Gasteiger partial charge in [0.2, 0.25) is 0 Å². The maximum atomic E-state index is 13.8. The molecule has 10 heteroatoms. The van der Waals surface area contributed by atoms with Crippen LogP contribution in [0.5, 0.6) is 0 Å². The number of hydrogen-bond donors (Lipinski definition) is 4. The molecule has 2 fully saturated rings. The topological polar surface area (TPSA) is 80.7 Å². The molecule has 0 spiro atoms. The molecule has 44 heavy (non-hydrogen) atoms. The minimum Gasteiger partial charge on any atom is -0.395 e. The van der Waals surface area contributed by atoms with Crippen LogP contribution < -0.4 is 10.6 Å². The van der Waals surface area contributed by atoms with Gasteiger partial charge >= 0.3 is 6.18 Å². The van der Waals surface area contributed by atoms with Gasteiger partial charge in [-0.25, -0.2) is 4.98 Å². The molecule has 6 rings (SSSR count). The van der Waals surface area contributed by atoms with E-state index in [1.807, 2.05) is 30.3 Å². The first-order valence-electron chi connectivity index (χ1n) is 15.0. The first-order chi connectivity index (χ1) is 21.2. The van der Waals surface area contributed by atoms with E-state index in [-0.39, 0.29) is 12.6 Å². The van der Waals surface area contributed by atoms with Crippen LogP contribution in [-0.4, -0.2) is 52.4 Å². The summed E-state index contributed by atoms with van der Waals surface area (Å²) >= 11 is 6.48. The van der Waals surface area contributed by atoms with E-state index < -0.39 is 23.5 Å². The number of benzene rings is 3. The summed E-state index contributed by atoms with van der Waals surface area (Å²) in [7, 11) is 0. The molecular formula is C34H36ClF3N4O2. The smallest absolute Gasteiger partial charge is 0.395 e. The number of aliphatic hydroxyl groups excluding tert-OH is 2. The van der Waals surface area contributed by atoms with Crippen molar-refractivity contribution in [3.8, 4) is 11.3 Å². The summed E-state index contributed by atoms with van der Waals surface area (Å²) in [6.45, 7) is 2.49. The molecule has 1 unspecified atom stereocenters. The minimum atomic E-state index is -4.51. The fraction of sp³-hybridized carbons (Fsp3) is 0.382. The number of nitrogens with zero attached hydrogens (tertiary/aromatic N) is 2. The van der Waals surface area contributed by atoms with Crippen molar-refractivity contribution in [2.24, 2.45) is 0 Å². The molecular weight excluding hydrogens is 589 g/mol. The van der Waals surface area contributed by atoms with Gasteiger partial charge < -0.3 is 15.5 Å². The van der Waals surface area contributed by atoms with E-state index in [1.165, 1.54) is 6.07 Å². The molecule has 1 saturated carbocycles. The van der Waals surface area contributed by atoms with Crippen LogP contribution in [0.25, 0.3) is 22.2 Å². The normalized spacial score (nSPS) is 18.0. The lowest BCUT2D eigenvalue weighted by Gasteiger charge is -2.34. The highest BCUT2D eigenvalue weighted by Crippen LogP contribution is 2.48. The largest absolute Gasteiger partial charge is 0.416 e. The molecule has 1 atom stereocenters. The first-order valence-corrected chi connectivity index (χ1v) is 15.4. The zero-order valence-corrected chi connectivity index (χ0v) is 25.0. The number of aromatic nitrogens is 1. The van der Waals surface area contributed by atoms with Gasteiger partial charge in [-0.3, -0.25) is 10.2 Å². The van der Waals surface area contributed by atoms with Gasteiger partial charge in [-0.15, -0.1) is 0 Å². The monoisotopic (exact) mass is 624 g/mol. The van der Waals surface area contributed by atoms with Gasteiger partial charge in [0.25, 0.3) is 0 Å². The lowest BCUT2D eigenvalue weighted by molar-refractivity contribution is -0.137. The van der Waals surface area contributed by atoms with E-state index in [9.17, 15) is 23.4 Å². The SMILES string of the molecule is OCCNC1CCN(Cc2c(-c3cccc(C(F)(F)F)c3)nc3ccc(Cl)cc3c2C(O)NC2(c3ccccc3)CC2)CC1. The summed E-state index contributed by atoms with van der Waals surface area (Å²) in [5.74, 6) is 0. The highest BCUT2D eigenvalue weighted by Gasteiger charge is 2.46. The van der Waals surface area contributed by atoms with Crippen LogP contribution in [-0.2, 0) is 18.3 Å². The summed E-state index contributed by atoms with van der Waals surface area (Å²) in [5.41, 5.74) is 2.45. The fourth-order valence-corrected chi connectivity index (χ4v) is 6.55. The highest BCUT2D eigenvalue weighted by molar-refractivity contribution is 6.31. The number of alkyl halides is 3. The Labute approximate surface area is 259 Å². The predicted octanol–water partition coefficient (Wildman–Crippen LogP) is 6.39. The molecule has 6 nitrogen and oxygen atoms in total. The second-order valence-corrected chi connectivity index (χ2v) is 12.3. The van der Waals surface area contributed by atoms with E-state index >= 15 is 0 Å². The lowest BCUT2D eigenvalue weighted by Crippen LogP contribution is -2.43. The molecule has 2 aliphatic rings. The number of piperidine rings is 1. The highest BCUT2D eigenvalue weighted by atomic mass is 35.5. The number of rotatable bonds is 10. The molecule has 1 aliphatic heterocycles. The van der Waals surface area contributed by atoms with Gasteiger partial charge in [0.15, 0.2) is 0 Å². The van der Waals surface area contributed by atoms with Crippen molar-refractivity contribution < 1.29 is 23.4 Å². The van der Waals surface area contributed by atoms with Crippen molar-refractivity contribution >= 4 is 22.5 Å². The van der Waals surface area contributed by atoms with Crippen LogP contribution in [0, 0.1) is 0 Å². The molecule has 4 aromatic rings. The molecule has 1 saturated heterocycles. The maximum absolute atomic E-state index is 13.8. The third kappa shape index (κ3) is 6.63. The van der Waals surface area contributed by atoms with Crippen molar-refractivity contribution in [1.82, 2.24) is 20.5 Å². The number of hydrogen-bond acceptors (Lipinski definition) is 6.